The van der Waals surface area contributed by atoms with Crippen LogP contribution in [0.25, 0.3) is 0 Å². The third-order valence-electron chi connectivity index (χ3n) is 1.20. The predicted octanol–water partition coefficient (Wildman–Crippen LogP) is 0.124. The molecule has 12 heavy (non-hydrogen) atoms. The molecule has 66 valence electrons. The van der Waals surface area contributed by atoms with Crippen LogP contribution in [0, 0.1) is 6.92 Å². The number of urea groups is 1. The first kappa shape index (κ1) is 8.95. The first-order chi connectivity index (χ1) is 5.72. The third kappa shape index (κ3) is 2.48. The molecular formula is C6H10N4OS. The fraction of sp³-hybridized carbons (Fsp3) is 0.333. The molecule has 0 fully saturated rings. The van der Waals surface area contributed by atoms with E-state index in [-0.39, 0.29) is 0 Å². The highest BCUT2D eigenvalue weighted by Gasteiger charge is 2.00. The number of hydrazine groups is 1. The van der Waals surface area contributed by atoms with Crippen molar-refractivity contribution in [3.05, 3.63) is 16.1 Å². The maximum atomic E-state index is 10.6. The van der Waals surface area contributed by atoms with Gasteiger partial charge in [-0.05, 0) is 6.92 Å². The summed E-state index contributed by atoms with van der Waals surface area (Å²) in [6.07, 6.45) is 1.77. The average Bonchev–Trinajstić information content (AvgIpc) is 2.47. The largest absolute Gasteiger partial charge is 0.331 e. The highest BCUT2D eigenvalue weighted by Crippen LogP contribution is 2.09. The Bertz CT molecular complexity index is 272. The van der Waals surface area contributed by atoms with E-state index in [4.69, 9.17) is 5.84 Å². The Balaban J connectivity index is 2.38. The molecule has 6 heteroatoms. The van der Waals surface area contributed by atoms with E-state index in [9.17, 15) is 4.79 Å². The van der Waals surface area contributed by atoms with E-state index in [1.54, 1.807) is 17.5 Å². The second-order valence-corrected chi connectivity index (χ2v) is 3.51. The molecule has 0 bridgehead atoms. The van der Waals surface area contributed by atoms with E-state index >= 15 is 0 Å². The van der Waals surface area contributed by atoms with Gasteiger partial charge in [-0.2, -0.15) is 0 Å². The smallest absolute Gasteiger partial charge is 0.329 e. The molecule has 0 saturated carbocycles. The highest BCUT2D eigenvalue weighted by atomic mass is 32.1. The molecule has 0 saturated heterocycles. The second kappa shape index (κ2) is 4.03. The van der Waals surface area contributed by atoms with Gasteiger partial charge >= 0.3 is 6.03 Å². The van der Waals surface area contributed by atoms with Crippen molar-refractivity contribution in [2.45, 2.75) is 13.5 Å². The number of hydrogen-bond donors (Lipinski definition) is 3. The van der Waals surface area contributed by atoms with Gasteiger partial charge in [0.1, 0.15) is 5.01 Å². The van der Waals surface area contributed by atoms with Gasteiger partial charge in [-0.25, -0.2) is 15.6 Å². The van der Waals surface area contributed by atoms with Crippen molar-refractivity contribution in [1.82, 2.24) is 15.7 Å². The Morgan fingerprint density at radius 2 is 2.58 bits per heavy atom. The minimum Gasteiger partial charge on any atom is -0.331 e. The van der Waals surface area contributed by atoms with Gasteiger partial charge in [0.05, 0.1) is 6.54 Å². The summed E-state index contributed by atoms with van der Waals surface area (Å²) in [7, 11) is 0. The number of carbonyl (C=O) groups is 1. The molecule has 0 aliphatic carbocycles. The molecule has 0 aliphatic rings. The zero-order valence-corrected chi connectivity index (χ0v) is 7.44. The maximum absolute atomic E-state index is 10.6. The van der Waals surface area contributed by atoms with E-state index in [1.165, 1.54) is 0 Å². The van der Waals surface area contributed by atoms with Crippen molar-refractivity contribution in [2.75, 3.05) is 0 Å². The number of nitrogens with two attached hydrogens (primary N) is 1. The van der Waals surface area contributed by atoms with Gasteiger partial charge in [-0.15, -0.1) is 11.3 Å². The minimum atomic E-state index is -0.400. The molecule has 5 nitrogen and oxygen atoms in total. The Morgan fingerprint density at radius 1 is 1.83 bits per heavy atom. The van der Waals surface area contributed by atoms with Crippen LogP contribution in [-0.2, 0) is 6.54 Å². The molecule has 0 aromatic carbocycles. The summed E-state index contributed by atoms with van der Waals surface area (Å²) in [5.41, 5.74) is 1.97. The zero-order valence-electron chi connectivity index (χ0n) is 6.63. The topological polar surface area (TPSA) is 80.0 Å². The first-order valence-corrected chi connectivity index (χ1v) is 4.20. The van der Waals surface area contributed by atoms with E-state index < -0.39 is 6.03 Å². The van der Waals surface area contributed by atoms with Crippen LogP contribution in [-0.4, -0.2) is 11.0 Å². The number of rotatable bonds is 2. The summed E-state index contributed by atoms with van der Waals surface area (Å²) in [5, 5.41) is 3.41. The monoisotopic (exact) mass is 186 g/mol. The summed E-state index contributed by atoms with van der Waals surface area (Å²) < 4.78 is 0. The van der Waals surface area contributed by atoms with Crippen molar-refractivity contribution >= 4 is 17.4 Å². The van der Waals surface area contributed by atoms with Crippen LogP contribution in [0.3, 0.4) is 0 Å². The van der Waals surface area contributed by atoms with Crippen LogP contribution < -0.4 is 16.6 Å². The number of hydrogen-bond acceptors (Lipinski definition) is 4. The van der Waals surface area contributed by atoms with E-state index in [1.807, 2.05) is 12.3 Å². The van der Waals surface area contributed by atoms with Crippen molar-refractivity contribution in [3.63, 3.8) is 0 Å². The van der Waals surface area contributed by atoms with E-state index in [2.05, 4.69) is 10.3 Å². The number of nitrogens with zero attached hydrogens (tertiary/aromatic N) is 1. The van der Waals surface area contributed by atoms with Gasteiger partial charge in [-0.3, -0.25) is 5.43 Å². The normalized spacial score (nSPS) is 9.50. The van der Waals surface area contributed by atoms with Gasteiger partial charge in [0, 0.05) is 11.1 Å². The van der Waals surface area contributed by atoms with Crippen LogP contribution in [0.1, 0.15) is 9.88 Å². The van der Waals surface area contributed by atoms with Crippen LogP contribution >= 0.6 is 11.3 Å². The lowest BCUT2D eigenvalue weighted by atomic mass is 10.6. The number of nitrogens with one attached hydrogen (secondary N) is 2. The second-order valence-electron chi connectivity index (χ2n) is 2.19. The number of carbonyl (C=O) groups excluding carboxylic acids is 1. The summed E-state index contributed by atoms with van der Waals surface area (Å²) >= 11 is 1.55. The van der Waals surface area contributed by atoms with Gasteiger partial charge in [-0.1, -0.05) is 0 Å². The fourth-order valence-electron chi connectivity index (χ4n) is 0.690. The molecule has 4 N–H and O–H groups in total. The van der Waals surface area contributed by atoms with Crippen molar-refractivity contribution < 1.29 is 4.79 Å². The van der Waals surface area contributed by atoms with Crippen LogP contribution in [0.15, 0.2) is 6.20 Å². The summed E-state index contributed by atoms with van der Waals surface area (Å²) in [5.74, 6) is 4.86. The minimum absolute atomic E-state index is 0.400. The summed E-state index contributed by atoms with van der Waals surface area (Å²) in [6.45, 7) is 2.38. The van der Waals surface area contributed by atoms with Gasteiger partial charge in [0.2, 0.25) is 0 Å². The zero-order chi connectivity index (χ0) is 8.97. The van der Waals surface area contributed by atoms with Crippen LogP contribution in [0.5, 0.6) is 0 Å². The summed E-state index contributed by atoms with van der Waals surface area (Å²) in [4.78, 5) is 15.8. The molecular weight excluding hydrogens is 176 g/mol. The molecule has 0 unspecified atom stereocenters. The molecule has 1 rings (SSSR count). The molecule has 0 radical (unpaired) electrons. The molecule has 2 amide bonds. The average molecular weight is 186 g/mol. The summed E-state index contributed by atoms with van der Waals surface area (Å²) in [6, 6.07) is -0.400. The molecule has 0 aliphatic heterocycles. The number of amides is 2. The molecule has 0 spiro atoms. The number of aryl methyl sites for hydroxylation is 1. The van der Waals surface area contributed by atoms with E-state index in [0.717, 1.165) is 9.88 Å². The number of thiazole rings is 1. The molecule has 1 heterocycles. The van der Waals surface area contributed by atoms with E-state index in [0.29, 0.717) is 6.54 Å². The third-order valence-corrected chi connectivity index (χ3v) is 2.11. The maximum Gasteiger partial charge on any atom is 0.329 e. The molecule has 1 aromatic rings. The highest BCUT2D eigenvalue weighted by molar-refractivity contribution is 7.11. The molecule has 1 aromatic heterocycles. The number of aromatic nitrogens is 1. The van der Waals surface area contributed by atoms with Crippen molar-refractivity contribution in [2.24, 2.45) is 5.84 Å². The Morgan fingerprint density at radius 3 is 3.08 bits per heavy atom. The molecule has 0 atom stereocenters. The first-order valence-electron chi connectivity index (χ1n) is 3.38. The Hall–Kier alpha value is -1.14. The van der Waals surface area contributed by atoms with Crippen molar-refractivity contribution in [3.8, 4) is 0 Å². The van der Waals surface area contributed by atoms with Gasteiger partial charge in [0.25, 0.3) is 0 Å². The standard InChI is InChI=1S/C6H10N4OS/c1-4-2-8-5(12-4)3-9-6(11)10-7/h2H,3,7H2,1H3,(H2,9,10,11). The van der Waals surface area contributed by atoms with Crippen LogP contribution in [0.2, 0.25) is 0 Å². The SMILES string of the molecule is Cc1cnc(CNC(=O)NN)s1. The Kier molecular flexibility index (Phi) is 3.01. The lowest BCUT2D eigenvalue weighted by molar-refractivity contribution is 0.241. The predicted molar refractivity (Wildman–Crippen MR) is 46.4 cm³/mol. The lowest BCUT2D eigenvalue weighted by Gasteiger charge is -1.99. The van der Waals surface area contributed by atoms with Crippen molar-refractivity contribution in [1.29, 1.82) is 0 Å². The quantitative estimate of drug-likeness (QED) is 0.349. The fourth-order valence-corrected chi connectivity index (χ4v) is 1.42. The van der Waals surface area contributed by atoms with Gasteiger partial charge in [0.15, 0.2) is 0 Å². The lowest BCUT2D eigenvalue weighted by Crippen LogP contribution is -2.39. The Labute approximate surface area is 74.0 Å². The van der Waals surface area contributed by atoms with Crippen LogP contribution in [0.4, 0.5) is 4.79 Å². The van der Waals surface area contributed by atoms with Gasteiger partial charge < -0.3 is 5.32 Å².